The molecule has 0 spiro atoms. The Hall–Kier alpha value is -1.94. The minimum absolute atomic E-state index is 0.107. The van der Waals surface area contributed by atoms with Crippen LogP contribution in [-0.2, 0) is 65.4 Å². The van der Waals surface area contributed by atoms with E-state index in [0.29, 0.717) is 31.6 Å². The van der Waals surface area contributed by atoms with Crippen molar-refractivity contribution < 1.29 is 80.2 Å². The van der Waals surface area contributed by atoms with Gasteiger partial charge in [0.15, 0.2) is 12.2 Å². The summed E-state index contributed by atoms with van der Waals surface area (Å²) in [5, 5.41) is 10.7. The van der Waals surface area contributed by atoms with E-state index in [-0.39, 0.29) is 25.7 Å². The number of esters is 4. The van der Waals surface area contributed by atoms with E-state index in [9.17, 15) is 43.2 Å². The van der Waals surface area contributed by atoms with Gasteiger partial charge in [0.1, 0.15) is 19.3 Å². The molecule has 654 valence electrons. The Bertz CT molecular complexity index is 2120. The van der Waals surface area contributed by atoms with Crippen molar-refractivity contribution in [3.8, 4) is 0 Å². The molecule has 0 saturated heterocycles. The summed E-state index contributed by atoms with van der Waals surface area (Å²) in [6.07, 6.45) is 73.9. The molecule has 0 aromatic heterocycles. The molecule has 0 aromatic rings. The van der Waals surface area contributed by atoms with E-state index in [2.05, 4.69) is 48.5 Å². The molecule has 0 heterocycles. The van der Waals surface area contributed by atoms with Gasteiger partial charge < -0.3 is 33.8 Å². The Labute approximate surface area is 677 Å². The predicted molar refractivity (Wildman–Crippen MR) is 455 cm³/mol. The maximum absolute atomic E-state index is 13.2. The average molecular weight is 1610 g/mol. The van der Waals surface area contributed by atoms with Crippen molar-refractivity contribution in [3.05, 3.63) is 0 Å². The van der Waals surface area contributed by atoms with Crippen LogP contribution in [0, 0.1) is 17.8 Å². The largest absolute Gasteiger partial charge is 0.472 e. The third-order valence-corrected chi connectivity index (χ3v) is 24.0. The first kappa shape index (κ1) is 108. The molecular formula is C91H178O17P2. The van der Waals surface area contributed by atoms with Crippen LogP contribution in [-0.4, -0.2) is 96.7 Å². The van der Waals surface area contributed by atoms with Gasteiger partial charge in [0.2, 0.25) is 0 Å². The second kappa shape index (κ2) is 80.8. The van der Waals surface area contributed by atoms with Gasteiger partial charge in [-0.1, -0.05) is 434 Å². The van der Waals surface area contributed by atoms with Gasteiger partial charge in [-0.2, -0.15) is 0 Å². The number of carbonyl (C=O) groups excluding carboxylic acids is 4. The van der Waals surface area contributed by atoms with Crippen LogP contribution in [0.1, 0.15) is 485 Å². The third-order valence-electron chi connectivity index (χ3n) is 22.1. The summed E-state index contributed by atoms with van der Waals surface area (Å²) in [7, 11) is -9.93. The van der Waals surface area contributed by atoms with E-state index < -0.39 is 97.5 Å². The minimum Gasteiger partial charge on any atom is -0.462 e. The van der Waals surface area contributed by atoms with Crippen LogP contribution in [0.25, 0.3) is 0 Å². The first-order valence-electron chi connectivity index (χ1n) is 46.9. The summed E-state index contributed by atoms with van der Waals surface area (Å²) in [6.45, 7) is 12.0. The molecule has 0 radical (unpaired) electrons. The van der Waals surface area contributed by atoms with Crippen molar-refractivity contribution in [1.82, 2.24) is 0 Å². The zero-order valence-electron chi connectivity index (χ0n) is 72.7. The molecule has 0 aliphatic rings. The van der Waals surface area contributed by atoms with Crippen molar-refractivity contribution in [2.24, 2.45) is 17.8 Å². The molecule has 0 aromatic carbocycles. The first-order chi connectivity index (χ1) is 53.3. The fourth-order valence-electron chi connectivity index (χ4n) is 14.2. The summed E-state index contributed by atoms with van der Waals surface area (Å²) >= 11 is 0. The predicted octanol–water partition coefficient (Wildman–Crippen LogP) is 28.0. The van der Waals surface area contributed by atoms with Gasteiger partial charge in [-0.15, -0.1) is 0 Å². The lowest BCUT2D eigenvalue weighted by atomic mass is 9.99. The van der Waals surface area contributed by atoms with E-state index >= 15 is 0 Å². The highest BCUT2D eigenvalue weighted by molar-refractivity contribution is 7.47. The van der Waals surface area contributed by atoms with Crippen molar-refractivity contribution in [3.63, 3.8) is 0 Å². The number of aliphatic hydroxyl groups excluding tert-OH is 1. The van der Waals surface area contributed by atoms with Crippen molar-refractivity contribution in [2.45, 2.75) is 503 Å². The van der Waals surface area contributed by atoms with Crippen LogP contribution in [0.15, 0.2) is 0 Å². The smallest absolute Gasteiger partial charge is 0.462 e. The molecule has 7 atom stereocenters. The molecule has 0 rings (SSSR count). The molecule has 4 unspecified atom stereocenters. The lowest BCUT2D eigenvalue weighted by Gasteiger charge is -2.21. The van der Waals surface area contributed by atoms with Crippen LogP contribution in [0.4, 0.5) is 0 Å². The lowest BCUT2D eigenvalue weighted by Crippen LogP contribution is -2.30. The number of aliphatic hydroxyl groups is 1. The van der Waals surface area contributed by atoms with Crippen molar-refractivity contribution in [1.29, 1.82) is 0 Å². The van der Waals surface area contributed by atoms with Crippen molar-refractivity contribution >= 4 is 39.5 Å². The van der Waals surface area contributed by atoms with Gasteiger partial charge >= 0.3 is 39.5 Å². The van der Waals surface area contributed by atoms with Crippen molar-refractivity contribution in [2.75, 3.05) is 39.6 Å². The molecule has 0 aliphatic carbocycles. The molecule has 0 saturated carbocycles. The average Bonchev–Trinajstić information content (AvgIpc) is 0.930. The fraction of sp³-hybridized carbons (Fsp3) is 0.956. The maximum Gasteiger partial charge on any atom is 0.472 e. The van der Waals surface area contributed by atoms with E-state index in [4.69, 9.17) is 37.0 Å². The number of hydrogen-bond acceptors (Lipinski definition) is 15. The van der Waals surface area contributed by atoms with Crippen LogP contribution < -0.4 is 0 Å². The fourth-order valence-corrected chi connectivity index (χ4v) is 15.8. The Morgan fingerprint density at radius 3 is 0.691 bits per heavy atom. The molecule has 0 aliphatic heterocycles. The topological polar surface area (TPSA) is 237 Å². The number of phosphoric acid groups is 2. The summed E-state index contributed by atoms with van der Waals surface area (Å²) < 4.78 is 69.0. The van der Waals surface area contributed by atoms with Crippen LogP contribution in [0.2, 0.25) is 0 Å². The van der Waals surface area contributed by atoms with Gasteiger partial charge in [-0.25, -0.2) is 9.13 Å². The number of rotatable bonds is 89. The Morgan fingerprint density at radius 2 is 0.464 bits per heavy atom. The van der Waals surface area contributed by atoms with E-state index in [1.165, 1.54) is 289 Å². The molecule has 0 amide bonds. The number of carbonyl (C=O) groups is 4. The second-order valence-electron chi connectivity index (χ2n) is 33.7. The molecule has 3 N–H and O–H groups in total. The minimum atomic E-state index is -4.97. The van der Waals surface area contributed by atoms with Crippen LogP contribution in [0.3, 0.4) is 0 Å². The van der Waals surface area contributed by atoms with E-state index in [1.54, 1.807) is 0 Å². The second-order valence-corrected chi connectivity index (χ2v) is 36.6. The molecular weight excluding hydrogens is 1430 g/mol. The molecule has 0 bridgehead atoms. The standard InChI is InChI=1S/C91H178O17P2/c1-8-11-12-13-14-15-16-17-18-19-20-21-22-26-29-35-40-45-50-58-65-72-88(93)101-78-86(107-90(95)74-67-60-51-46-41-36-30-27-24-23-25-28-33-38-43-48-56-63-70-83(6)9-2)80-105-109(97,98)103-76-85(92)77-104-110(99,100)106-81-87(79-102-89(94)73-66-59-54-53-55-62-69-82(4)5)108-91(96)75-68-61-52-47-42-37-32-31-34-39-44-49-57-64-71-84(7)10-3/h82-87,92H,8-81H2,1-7H3,(H,97,98)(H,99,100)/t83?,84?,85-,86-,87-/m1/s1. The summed E-state index contributed by atoms with van der Waals surface area (Å²) in [6, 6.07) is 0. The van der Waals surface area contributed by atoms with Gasteiger partial charge in [0.05, 0.1) is 26.4 Å². The SMILES string of the molecule is CCCCCCCCCCCCCCCCCCCCCCCC(=O)OC[C@H](COP(=O)(O)OC[C@@H](O)COP(=O)(O)OC[C@@H](COC(=O)CCCCCCCCC(C)C)OC(=O)CCCCCCCCCCCCCCCCC(C)CC)OC(=O)CCCCCCCCCCCCCCCCCCCCC(C)CC. The Kier molecular flexibility index (Phi) is 79.4. The van der Waals surface area contributed by atoms with Gasteiger partial charge in [0.25, 0.3) is 0 Å². The summed E-state index contributed by atoms with van der Waals surface area (Å²) in [4.78, 5) is 73.3. The highest BCUT2D eigenvalue weighted by Gasteiger charge is 2.31. The highest BCUT2D eigenvalue weighted by Crippen LogP contribution is 2.45. The molecule has 0 fully saturated rings. The summed E-state index contributed by atoms with van der Waals surface area (Å²) in [5.74, 6) is 0.294. The molecule has 19 heteroatoms. The molecule has 17 nitrogen and oxygen atoms in total. The number of unbranched alkanes of at least 4 members (excludes halogenated alkanes) is 55. The van der Waals surface area contributed by atoms with Crippen LogP contribution >= 0.6 is 15.6 Å². The molecule has 110 heavy (non-hydrogen) atoms. The number of hydrogen-bond donors (Lipinski definition) is 3. The van der Waals surface area contributed by atoms with Crippen LogP contribution in [0.5, 0.6) is 0 Å². The van der Waals surface area contributed by atoms with Gasteiger partial charge in [-0.3, -0.25) is 37.3 Å². The third kappa shape index (κ3) is 81.2. The van der Waals surface area contributed by atoms with E-state index in [0.717, 1.165) is 108 Å². The van der Waals surface area contributed by atoms with E-state index in [1.807, 2.05) is 0 Å². The maximum atomic E-state index is 13.2. The zero-order chi connectivity index (χ0) is 80.8. The quantitative estimate of drug-likeness (QED) is 0.0222. The highest BCUT2D eigenvalue weighted by atomic mass is 31.2. The van der Waals surface area contributed by atoms with Gasteiger partial charge in [-0.05, 0) is 43.4 Å². The van der Waals surface area contributed by atoms with Gasteiger partial charge in [0, 0.05) is 25.7 Å². The Morgan fingerprint density at radius 1 is 0.264 bits per heavy atom. The number of ether oxygens (including phenoxy) is 4. The monoisotopic (exact) mass is 1610 g/mol. The number of phosphoric ester groups is 2. The lowest BCUT2D eigenvalue weighted by molar-refractivity contribution is -0.161. The summed E-state index contributed by atoms with van der Waals surface area (Å²) in [5.41, 5.74) is 0. The normalized spacial score (nSPS) is 14.3. The Balaban J connectivity index is 5.20. The first-order valence-corrected chi connectivity index (χ1v) is 49.9. The zero-order valence-corrected chi connectivity index (χ0v) is 74.5.